The van der Waals surface area contributed by atoms with Gasteiger partial charge in [0.15, 0.2) is 5.82 Å². The number of nitrogens with zero attached hydrogens (tertiary/aromatic N) is 2. The molecule has 1 heterocycles. The molecule has 0 spiro atoms. The van der Waals surface area contributed by atoms with Crippen molar-refractivity contribution in [3.63, 3.8) is 0 Å². The molecule has 1 aromatic carbocycles. The van der Waals surface area contributed by atoms with Crippen molar-refractivity contribution in [3.05, 3.63) is 36.4 Å². The van der Waals surface area contributed by atoms with Gasteiger partial charge in [-0.25, -0.2) is 9.97 Å². The van der Waals surface area contributed by atoms with Gasteiger partial charge >= 0.3 is 0 Å². The first kappa shape index (κ1) is 15.8. The van der Waals surface area contributed by atoms with E-state index in [1.54, 1.807) is 0 Å². The molecule has 0 amide bonds. The van der Waals surface area contributed by atoms with Gasteiger partial charge in [0, 0.05) is 24.2 Å². The van der Waals surface area contributed by atoms with Crippen molar-refractivity contribution in [2.75, 3.05) is 17.2 Å². The lowest BCUT2D eigenvalue weighted by Crippen LogP contribution is -2.16. The summed E-state index contributed by atoms with van der Waals surface area (Å²) < 4.78 is 0. The van der Waals surface area contributed by atoms with E-state index in [0.29, 0.717) is 6.04 Å². The summed E-state index contributed by atoms with van der Waals surface area (Å²) in [6.45, 7) is 3.15. The van der Waals surface area contributed by atoms with Crippen LogP contribution in [0.5, 0.6) is 0 Å². The smallest absolute Gasteiger partial charge is 0.163 e. The maximum absolute atomic E-state index is 4.73. The van der Waals surface area contributed by atoms with Crippen molar-refractivity contribution in [3.8, 4) is 11.4 Å². The van der Waals surface area contributed by atoms with Crippen molar-refractivity contribution in [1.29, 1.82) is 0 Å². The molecule has 0 bridgehead atoms. The number of benzene rings is 1. The number of aromatic nitrogens is 2. The normalized spacial score (nSPS) is 14.8. The number of nitrogens with one attached hydrogen (secondary N) is 2. The summed E-state index contributed by atoms with van der Waals surface area (Å²) in [6.07, 6.45) is 7.44. The van der Waals surface area contributed by atoms with Crippen LogP contribution in [-0.2, 0) is 0 Å². The summed E-state index contributed by atoms with van der Waals surface area (Å²) in [5.74, 6) is 2.63. The van der Waals surface area contributed by atoms with Crippen molar-refractivity contribution in [2.45, 2.75) is 51.5 Å². The van der Waals surface area contributed by atoms with Crippen LogP contribution in [0, 0.1) is 0 Å². The molecular formula is C19H26N4. The fraction of sp³-hybridized carbons (Fsp3) is 0.474. The fourth-order valence-corrected chi connectivity index (χ4v) is 3.00. The minimum absolute atomic E-state index is 0.553. The first-order chi connectivity index (χ1) is 11.3. The minimum Gasteiger partial charge on any atom is -0.370 e. The van der Waals surface area contributed by atoms with Crippen LogP contribution in [0.25, 0.3) is 11.4 Å². The molecule has 2 N–H and O–H groups in total. The quantitative estimate of drug-likeness (QED) is 0.727. The third-order valence-electron chi connectivity index (χ3n) is 4.30. The van der Waals surface area contributed by atoms with Crippen LogP contribution in [0.1, 0.15) is 45.4 Å². The predicted octanol–water partition coefficient (Wildman–Crippen LogP) is 4.71. The zero-order valence-corrected chi connectivity index (χ0v) is 13.9. The van der Waals surface area contributed by atoms with Crippen LogP contribution in [0.4, 0.5) is 11.6 Å². The van der Waals surface area contributed by atoms with Crippen LogP contribution in [-0.4, -0.2) is 22.6 Å². The highest BCUT2D eigenvalue weighted by Gasteiger charge is 2.16. The maximum atomic E-state index is 4.73. The van der Waals surface area contributed by atoms with E-state index in [0.717, 1.165) is 36.0 Å². The topological polar surface area (TPSA) is 49.8 Å². The van der Waals surface area contributed by atoms with Gasteiger partial charge in [0.05, 0.1) is 0 Å². The number of anilines is 2. The molecule has 1 aliphatic carbocycles. The second-order valence-electron chi connectivity index (χ2n) is 6.23. The number of unbranched alkanes of at least 4 members (excludes halogenated alkanes) is 1. The SMILES string of the molecule is CCCCNc1cc(NC2CCCC2)nc(-c2ccccc2)n1. The Hall–Kier alpha value is -2.10. The Morgan fingerprint density at radius 3 is 2.52 bits per heavy atom. The molecule has 0 saturated heterocycles. The average molecular weight is 310 g/mol. The molecule has 4 heteroatoms. The van der Waals surface area contributed by atoms with Crippen LogP contribution in [0.2, 0.25) is 0 Å². The Labute approximate surface area is 138 Å². The van der Waals surface area contributed by atoms with E-state index in [9.17, 15) is 0 Å². The van der Waals surface area contributed by atoms with Gasteiger partial charge in [-0.2, -0.15) is 0 Å². The van der Waals surface area contributed by atoms with Crippen LogP contribution in [0.3, 0.4) is 0 Å². The summed E-state index contributed by atoms with van der Waals surface area (Å²) in [5.41, 5.74) is 1.06. The first-order valence-electron chi connectivity index (χ1n) is 8.80. The zero-order chi connectivity index (χ0) is 15.9. The third-order valence-corrected chi connectivity index (χ3v) is 4.30. The molecule has 23 heavy (non-hydrogen) atoms. The predicted molar refractivity (Wildman–Crippen MR) is 96.7 cm³/mol. The lowest BCUT2D eigenvalue weighted by molar-refractivity contribution is 0.750. The fourth-order valence-electron chi connectivity index (χ4n) is 3.00. The van der Waals surface area contributed by atoms with E-state index in [4.69, 9.17) is 4.98 Å². The van der Waals surface area contributed by atoms with Crippen molar-refractivity contribution < 1.29 is 0 Å². The highest BCUT2D eigenvalue weighted by Crippen LogP contribution is 2.24. The number of rotatable bonds is 7. The molecule has 0 radical (unpaired) electrons. The summed E-state index contributed by atoms with van der Waals surface area (Å²) in [6, 6.07) is 12.8. The molecule has 3 rings (SSSR count). The number of hydrogen-bond acceptors (Lipinski definition) is 4. The Morgan fingerprint density at radius 1 is 1.04 bits per heavy atom. The molecule has 0 aliphatic heterocycles. The van der Waals surface area contributed by atoms with Crippen molar-refractivity contribution in [2.24, 2.45) is 0 Å². The highest BCUT2D eigenvalue weighted by molar-refractivity contribution is 5.61. The van der Waals surface area contributed by atoms with Crippen LogP contribution >= 0.6 is 0 Å². The second-order valence-corrected chi connectivity index (χ2v) is 6.23. The van der Waals surface area contributed by atoms with Crippen molar-refractivity contribution >= 4 is 11.6 Å². The largest absolute Gasteiger partial charge is 0.370 e. The number of hydrogen-bond donors (Lipinski definition) is 2. The summed E-state index contributed by atoms with van der Waals surface area (Å²) in [7, 11) is 0. The summed E-state index contributed by atoms with van der Waals surface area (Å²) in [4.78, 5) is 9.42. The van der Waals surface area contributed by atoms with Gasteiger partial charge in [-0.1, -0.05) is 56.5 Å². The van der Waals surface area contributed by atoms with E-state index in [-0.39, 0.29) is 0 Å². The molecule has 0 atom stereocenters. The monoisotopic (exact) mass is 310 g/mol. The molecule has 4 nitrogen and oxygen atoms in total. The van der Waals surface area contributed by atoms with E-state index in [1.807, 2.05) is 24.3 Å². The van der Waals surface area contributed by atoms with E-state index in [1.165, 1.54) is 32.1 Å². The highest BCUT2D eigenvalue weighted by atomic mass is 15.1. The maximum Gasteiger partial charge on any atom is 0.163 e. The Bertz CT molecular complexity index is 606. The standard InChI is InChI=1S/C19H26N4/c1-2-3-13-20-17-14-18(21-16-11-7-8-12-16)23-19(22-17)15-9-5-4-6-10-15/h4-6,9-10,14,16H,2-3,7-8,11-13H2,1H3,(H2,20,21,22,23). The van der Waals surface area contributed by atoms with Crippen LogP contribution in [0.15, 0.2) is 36.4 Å². The van der Waals surface area contributed by atoms with Gasteiger partial charge in [-0.15, -0.1) is 0 Å². The molecule has 2 aromatic rings. The first-order valence-corrected chi connectivity index (χ1v) is 8.80. The zero-order valence-electron chi connectivity index (χ0n) is 13.9. The molecule has 0 unspecified atom stereocenters. The molecule has 122 valence electrons. The van der Waals surface area contributed by atoms with E-state index >= 15 is 0 Å². The minimum atomic E-state index is 0.553. The molecular weight excluding hydrogens is 284 g/mol. The lowest BCUT2D eigenvalue weighted by atomic mass is 10.2. The van der Waals surface area contributed by atoms with Crippen LogP contribution < -0.4 is 10.6 Å². The molecule has 1 saturated carbocycles. The van der Waals surface area contributed by atoms with Gasteiger partial charge in [0.25, 0.3) is 0 Å². The Kier molecular flexibility index (Phi) is 5.46. The second kappa shape index (κ2) is 7.95. The Morgan fingerprint density at radius 2 is 1.78 bits per heavy atom. The van der Waals surface area contributed by atoms with Gasteiger partial charge in [-0.05, 0) is 19.3 Å². The van der Waals surface area contributed by atoms with E-state index in [2.05, 4.69) is 34.7 Å². The molecule has 1 aromatic heterocycles. The molecule has 1 aliphatic rings. The van der Waals surface area contributed by atoms with E-state index < -0.39 is 0 Å². The third kappa shape index (κ3) is 4.44. The van der Waals surface area contributed by atoms with Crippen molar-refractivity contribution in [1.82, 2.24) is 9.97 Å². The molecule has 1 fully saturated rings. The Balaban J connectivity index is 1.83. The van der Waals surface area contributed by atoms with Gasteiger partial charge in [0.1, 0.15) is 11.6 Å². The summed E-state index contributed by atoms with van der Waals surface area (Å²) >= 11 is 0. The van der Waals surface area contributed by atoms with Gasteiger partial charge in [-0.3, -0.25) is 0 Å². The summed E-state index contributed by atoms with van der Waals surface area (Å²) in [5, 5.41) is 7.02. The van der Waals surface area contributed by atoms with Gasteiger partial charge in [0.2, 0.25) is 0 Å². The van der Waals surface area contributed by atoms with Gasteiger partial charge < -0.3 is 10.6 Å². The lowest BCUT2D eigenvalue weighted by Gasteiger charge is -2.15. The average Bonchev–Trinajstić information content (AvgIpc) is 3.09.